The van der Waals surface area contributed by atoms with Gasteiger partial charge in [0.15, 0.2) is 5.13 Å². The van der Waals surface area contributed by atoms with Gasteiger partial charge in [0.2, 0.25) is 0 Å². The van der Waals surface area contributed by atoms with Crippen molar-refractivity contribution in [1.82, 2.24) is 14.8 Å². The molecule has 0 saturated carbocycles. The summed E-state index contributed by atoms with van der Waals surface area (Å²) < 4.78 is 30.7. The summed E-state index contributed by atoms with van der Waals surface area (Å²) in [4.78, 5) is 18.0. The molecule has 4 aromatic rings. The maximum absolute atomic E-state index is 12.6. The zero-order valence-corrected chi connectivity index (χ0v) is 17.3. The number of thiazole rings is 1. The summed E-state index contributed by atoms with van der Waals surface area (Å²) in [7, 11) is 0. The van der Waals surface area contributed by atoms with Gasteiger partial charge in [-0.2, -0.15) is 13.9 Å². The topological polar surface area (TPSA) is 69.0 Å². The number of carbonyl (C=O) groups excluding carboxylic acids is 1. The van der Waals surface area contributed by atoms with E-state index in [9.17, 15) is 13.6 Å². The van der Waals surface area contributed by atoms with Crippen LogP contribution in [0.2, 0.25) is 0 Å². The molecule has 158 valence electrons. The third-order valence-corrected chi connectivity index (χ3v) is 5.34. The van der Waals surface area contributed by atoms with Crippen LogP contribution in [-0.4, -0.2) is 27.3 Å². The molecule has 6 nitrogen and oxygen atoms in total. The van der Waals surface area contributed by atoms with E-state index in [4.69, 9.17) is 0 Å². The summed E-state index contributed by atoms with van der Waals surface area (Å²) in [6.07, 6.45) is 3.20. The van der Waals surface area contributed by atoms with E-state index in [2.05, 4.69) is 20.1 Å². The predicted octanol–water partition coefficient (Wildman–Crippen LogP) is 5.22. The summed E-state index contributed by atoms with van der Waals surface area (Å²) >= 11 is 1.33. The minimum atomic E-state index is -2.87. The Kier molecular flexibility index (Phi) is 6.03. The van der Waals surface area contributed by atoms with Crippen molar-refractivity contribution in [2.75, 3.05) is 5.32 Å². The predicted molar refractivity (Wildman–Crippen MR) is 115 cm³/mol. The van der Waals surface area contributed by atoms with E-state index in [0.29, 0.717) is 22.9 Å². The molecule has 0 saturated heterocycles. The Morgan fingerprint density at radius 2 is 1.90 bits per heavy atom. The van der Waals surface area contributed by atoms with E-state index in [1.807, 2.05) is 37.3 Å². The van der Waals surface area contributed by atoms with Crippen molar-refractivity contribution in [3.63, 3.8) is 0 Å². The van der Waals surface area contributed by atoms with Crippen LogP contribution in [0.5, 0.6) is 5.75 Å². The number of amides is 1. The normalized spacial score (nSPS) is 11.0. The third-order valence-electron chi connectivity index (χ3n) is 4.45. The van der Waals surface area contributed by atoms with Gasteiger partial charge in [0.1, 0.15) is 5.75 Å². The number of benzene rings is 2. The van der Waals surface area contributed by atoms with Gasteiger partial charge in [0.05, 0.1) is 24.0 Å². The van der Waals surface area contributed by atoms with Gasteiger partial charge in [-0.15, -0.1) is 11.3 Å². The highest BCUT2D eigenvalue weighted by Gasteiger charge is 2.15. The van der Waals surface area contributed by atoms with Gasteiger partial charge in [0, 0.05) is 16.6 Å². The van der Waals surface area contributed by atoms with Crippen molar-refractivity contribution in [2.24, 2.45) is 0 Å². The Morgan fingerprint density at radius 1 is 1.16 bits per heavy atom. The van der Waals surface area contributed by atoms with Crippen LogP contribution in [0.4, 0.5) is 13.9 Å². The Labute approximate surface area is 181 Å². The van der Waals surface area contributed by atoms with E-state index in [-0.39, 0.29) is 11.7 Å². The quantitative estimate of drug-likeness (QED) is 0.428. The molecule has 0 atom stereocenters. The number of hydrogen-bond acceptors (Lipinski definition) is 5. The van der Waals surface area contributed by atoms with E-state index < -0.39 is 6.61 Å². The van der Waals surface area contributed by atoms with E-state index >= 15 is 0 Å². The molecule has 0 aliphatic rings. The minimum absolute atomic E-state index is 0.0765. The summed E-state index contributed by atoms with van der Waals surface area (Å²) in [6.45, 7) is -0.421. The van der Waals surface area contributed by atoms with Gasteiger partial charge in [-0.05, 0) is 36.8 Å². The Morgan fingerprint density at radius 3 is 2.61 bits per heavy atom. The molecule has 1 amide bonds. The SMILES string of the molecule is Cc1sc(NC(=O)c2cnn(Cc3ccccc3)c2)nc1-c1ccc(OC(F)F)cc1. The molecular weight excluding hydrogens is 422 g/mol. The van der Waals surface area contributed by atoms with Crippen molar-refractivity contribution in [3.8, 4) is 17.0 Å². The van der Waals surface area contributed by atoms with E-state index in [0.717, 1.165) is 16.0 Å². The standard InChI is InChI=1S/C22H18F2N4O2S/c1-14-19(16-7-9-18(10-8-16)30-21(23)24)26-22(31-14)27-20(29)17-11-25-28(13-17)12-15-5-3-2-4-6-15/h2-11,13,21H,12H2,1H3,(H,26,27,29). The number of ether oxygens (including phenoxy) is 1. The van der Waals surface area contributed by atoms with Crippen LogP contribution in [0, 0.1) is 6.92 Å². The van der Waals surface area contributed by atoms with E-state index in [1.54, 1.807) is 23.0 Å². The van der Waals surface area contributed by atoms with Gasteiger partial charge >= 0.3 is 6.61 Å². The number of rotatable bonds is 7. The first-order valence-corrected chi connectivity index (χ1v) is 10.2. The molecule has 0 fully saturated rings. The Balaban J connectivity index is 1.44. The number of nitrogens with zero attached hydrogens (tertiary/aromatic N) is 3. The highest BCUT2D eigenvalue weighted by Crippen LogP contribution is 2.31. The molecule has 0 spiro atoms. The van der Waals surface area contributed by atoms with Crippen LogP contribution >= 0.6 is 11.3 Å². The van der Waals surface area contributed by atoms with Crippen molar-refractivity contribution in [3.05, 3.63) is 83.0 Å². The maximum atomic E-state index is 12.6. The van der Waals surface area contributed by atoms with Crippen LogP contribution in [0.25, 0.3) is 11.3 Å². The Bertz CT molecular complexity index is 1170. The van der Waals surface area contributed by atoms with Crippen molar-refractivity contribution >= 4 is 22.4 Å². The highest BCUT2D eigenvalue weighted by molar-refractivity contribution is 7.16. The van der Waals surface area contributed by atoms with Crippen molar-refractivity contribution < 1.29 is 18.3 Å². The lowest BCUT2D eigenvalue weighted by atomic mass is 10.1. The zero-order chi connectivity index (χ0) is 21.8. The van der Waals surface area contributed by atoms with Crippen LogP contribution in [0.15, 0.2) is 67.0 Å². The lowest BCUT2D eigenvalue weighted by Gasteiger charge is -2.05. The second-order valence-electron chi connectivity index (χ2n) is 6.69. The molecule has 1 N–H and O–H groups in total. The molecule has 9 heteroatoms. The number of aromatic nitrogens is 3. The molecule has 2 aromatic heterocycles. The molecule has 0 aliphatic heterocycles. The maximum Gasteiger partial charge on any atom is 0.387 e. The minimum Gasteiger partial charge on any atom is -0.435 e. The second-order valence-corrected chi connectivity index (χ2v) is 7.90. The number of anilines is 1. The number of hydrogen-bond donors (Lipinski definition) is 1. The van der Waals surface area contributed by atoms with Crippen LogP contribution in [0.1, 0.15) is 20.8 Å². The lowest BCUT2D eigenvalue weighted by Crippen LogP contribution is -2.11. The summed E-state index contributed by atoms with van der Waals surface area (Å²) in [5.41, 5.74) is 2.93. The molecule has 0 radical (unpaired) electrons. The summed E-state index contributed by atoms with van der Waals surface area (Å²) in [5, 5.41) is 7.49. The third kappa shape index (κ3) is 5.13. The smallest absolute Gasteiger partial charge is 0.387 e. The van der Waals surface area contributed by atoms with Crippen molar-refractivity contribution in [2.45, 2.75) is 20.1 Å². The average molecular weight is 440 g/mol. The number of nitrogens with one attached hydrogen (secondary N) is 1. The monoisotopic (exact) mass is 440 g/mol. The largest absolute Gasteiger partial charge is 0.435 e. The molecular formula is C22H18F2N4O2S. The summed E-state index contributed by atoms with van der Waals surface area (Å²) in [5.74, 6) is -0.229. The Hall–Kier alpha value is -3.59. The molecule has 0 unspecified atom stereocenters. The first kappa shape index (κ1) is 20.7. The number of alkyl halides is 2. The lowest BCUT2D eigenvalue weighted by molar-refractivity contribution is -0.0498. The molecule has 4 rings (SSSR count). The van der Waals surface area contributed by atoms with E-state index in [1.165, 1.54) is 29.7 Å². The van der Waals surface area contributed by atoms with Crippen molar-refractivity contribution in [1.29, 1.82) is 0 Å². The van der Waals surface area contributed by atoms with Crippen LogP contribution in [-0.2, 0) is 6.54 Å². The number of carbonyl (C=O) groups is 1. The van der Waals surface area contributed by atoms with Gasteiger partial charge < -0.3 is 4.74 Å². The van der Waals surface area contributed by atoms with Crippen LogP contribution < -0.4 is 10.1 Å². The first-order chi connectivity index (χ1) is 15.0. The molecule has 2 aromatic carbocycles. The zero-order valence-electron chi connectivity index (χ0n) is 16.5. The summed E-state index contributed by atoms with van der Waals surface area (Å²) in [6, 6.07) is 16.1. The van der Waals surface area contributed by atoms with Gasteiger partial charge in [-0.25, -0.2) is 4.98 Å². The first-order valence-electron chi connectivity index (χ1n) is 9.38. The highest BCUT2D eigenvalue weighted by atomic mass is 32.1. The fourth-order valence-corrected chi connectivity index (χ4v) is 3.85. The fourth-order valence-electron chi connectivity index (χ4n) is 3.02. The van der Waals surface area contributed by atoms with Crippen LogP contribution in [0.3, 0.4) is 0 Å². The number of aryl methyl sites for hydroxylation is 1. The number of halogens is 2. The van der Waals surface area contributed by atoms with Gasteiger partial charge in [-0.1, -0.05) is 30.3 Å². The molecule has 0 bridgehead atoms. The molecule has 0 aliphatic carbocycles. The fraction of sp³-hybridized carbons (Fsp3) is 0.136. The van der Waals surface area contributed by atoms with Gasteiger partial charge in [-0.3, -0.25) is 14.8 Å². The average Bonchev–Trinajstić information content (AvgIpc) is 3.35. The van der Waals surface area contributed by atoms with Gasteiger partial charge in [0.25, 0.3) is 5.91 Å². The molecule has 2 heterocycles. The molecule has 31 heavy (non-hydrogen) atoms. The second kappa shape index (κ2) is 9.05.